The average Bonchev–Trinajstić information content (AvgIpc) is 3.40. The van der Waals surface area contributed by atoms with Gasteiger partial charge in [0.1, 0.15) is 22.8 Å². The van der Waals surface area contributed by atoms with E-state index in [1.54, 1.807) is 40.8 Å². The fourth-order valence-corrected chi connectivity index (χ4v) is 6.02. The standard InChI is InChI=1S/C28H30FN7OS/c1-33-10-12-34(13-11-33)21-8-6-20(7-9-21)25-18-22-26(30-19-31-27(22)38-25)35-14-16-36(17-15-35)28(37)32-24-5-3-2-4-23(24)29/h2-9,18-19H,10-17H2,1H3,(H,32,37). The summed E-state index contributed by atoms with van der Waals surface area (Å²) in [5.74, 6) is 0.450. The molecule has 4 heterocycles. The van der Waals surface area contributed by atoms with Gasteiger partial charge in [0.2, 0.25) is 0 Å². The lowest BCUT2D eigenvalue weighted by Gasteiger charge is -2.35. The Bertz CT molecular complexity index is 1430. The molecule has 0 bridgehead atoms. The Labute approximate surface area is 225 Å². The Morgan fingerprint density at radius 3 is 2.34 bits per heavy atom. The predicted molar refractivity (Wildman–Crippen MR) is 152 cm³/mol. The molecule has 0 spiro atoms. The van der Waals surface area contributed by atoms with Gasteiger partial charge in [0.15, 0.2) is 0 Å². The van der Waals surface area contributed by atoms with E-state index in [0.717, 1.165) is 47.1 Å². The number of amides is 2. The first-order valence-corrected chi connectivity index (χ1v) is 13.7. The summed E-state index contributed by atoms with van der Waals surface area (Å²) in [6.45, 7) is 6.61. The number of hydrogen-bond donors (Lipinski definition) is 1. The number of nitrogens with zero attached hydrogens (tertiary/aromatic N) is 6. The molecular weight excluding hydrogens is 501 g/mol. The Morgan fingerprint density at radius 1 is 0.895 bits per heavy atom. The van der Waals surface area contributed by atoms with Crippen LogP contribution in [0.15, 0.2) is 60.9 Å². The number of para-hydroxylation sites is 1. The molecule has 10 heteroatoms. The van der Waals surface area contributed by atoms with Crippen LogP contribution in [-0.4, -0.2) is 85.2 Å². The molecule has 6 rings (SSSR count). The molecule has 2 aromatic carbocycles. The number of rotatable bonds is 4. The van der Waals surface area contributed by atoms with E-state index in [4.69, 9.17) is 0 Å². The van der Waals surface area contributed by atoms with Gasteiger partial charge in [-0.15, -0.1) is 11.3 Å². The maximum atomic E-state index is 13.9. The molecular formula is C28H30FN7OS. The molecule has 8 nitrogen and oxygen atoms in total. The van der Waals surface area contributed by atoms with Crippen molar-refractivity contribution >= 4 is 44.8 Å². The molecule has 2 aliphatic rings. The van der Waals surface area contributed by atoms with E-state index in [-0.39, 0.29) is 11.7 Å². The normalized spacial score (nSPS) is 16.7. The van der Waals surface area contributed by atoms with E-state index in [0.29, 0.717) is 26.2 Å². The van der Waals surface area contributed by atoms with Crippen molar-refractivity contribution in [2.24, 2.45) is 0 Å². The fourth-order valence-electron chi connectivity index (χ4n) is 5.02. The van der Waals surface area contributed by atoms with Crippen LogP contribution in [0.2, 0.25) is 0 Å². The summed E-state index contributed by atoms with van der Waals surface area (Å²) in [6.07, 6.45) is 1.62. The minimum absolute atomic E-state index is 0.194. The number of urea groups is 1. The number of thiophene rings is 1. The summed E-state index contributed by atoms with van der Waals surface area (Å²) in [5.41, 5.74) is 2.63. The van der Waals surface area contributed by atoms with Crippen LogP contribution in [0.25, 0.3) is 20.7 Å². The molecule has 4 aromatic rings. The van der Waals surface area contributed by atoms with Crippen molar-refractivity contribution in [1.82, 2.24) is 19.8 Å². The number of fused-ring (bicyclic) bond motifs is 1. The van der Waals surface area contributed by atoms with Gasteiger partial charge in [0.25, 0.3) is 0 Å². The highest BCUT2D eigenvalue weighted by Crippen LogP contribution is 2.37. The zero-order valence-electron chi connectivity index (χ0n) is 21.3. The molecule has 2 aliphatic heterocycles. The minimum atomic E-state index is -0.440. The Morgan fingerprint density at radius 2 is 1.61 bits per heavy atom. The van der Waals surface area contributed by atoms with Gasteiger partial charge < -0.3 is 24.9 Å². The quantitative estimate of drug-likeness (QED) is 0.415. The van der Waals surface area contributed by atoms with Crippen LogP contribution in [-0.2, 0) is 0 Å². The van der Waals surface area contributed by atoms with Crippen LogP contribution in [0.4, 0.5) is 26.4 Å². The highest BCUT2D eigenvalue weighted by atomic mass is 32.1. The third kappa shape index (κ3) is 5.01. The van der Waals surface area contributed by atoms with Crippen LogP contribution in [0.3, 0.4) is 0 Å². The van der Waals surface area contributed by atoms with Gasteiger partial charge in [-0.1, -0.05) is 24.3 Å². The number of nitrogens with one attached hydrogen (secondary N) is 1. The number of benzene rings is 2. The van der Waals surface area contributed by atoms with Crippen LogP contribution >= 0.6 is 11.3 Å². The van der Waals surface area contributed by atoms with E-state index in [1.165, 1.54) is 17.3 Å². The van der Waals surface area contributed by atoms with E-state index in [2.05, 4.69) is 67.4 Å². The SMILES string of the molecule is CN1CCN(c2ccc(-c3cc4c(N5CCN(C(=O)Nc6ccccc6F)CC5)ncnc4s3)cc2)CC1. The van der Waals surface area contributed by atoms with Crippen LogP contribution < -0.4 is 15.1 Å². The van der Waals surface area contributed by atoms with Crippen molar-refractivity contribution < 1.29 is 9.18 Å². The van der Waals surface area contributed by atoms with Gasteiger partial charge in [-0.25, -0.2) is 19.2 Å². The molecule has 1 N–H and O–H groups in total. The van der Waals surface area contributed by atoms with Crippen LogP contribution in [0, 0.1) is 5.82 Å². The first-order chi connectivity index (χ1) is 18.5. The largest absolute Gasteiger partial charge is 0.369 e. The molecule has 2 fully saturated rings. The van der Waals surface area contributed by atoms with Crippen molar-refractivity contribution in [3.05, 3.63) is 66.7 Å². The van der Waals surface area contributed by atoms with Crippen LogP contribution in [0.5, 0.6) is 0 Å². The second kappa shape index (κ2) is 10.5. The maximum absolute atomic E-state index is 13.9. The molecule has 2 saturated heterocycles. The monoisotopic (exact) mass is 531 g/mol. The Hall–Kier alpha value is -3.76. The molecule has 0 atom stereocenters. The van der Waals surface area contributed by atoms with Crippen LogP contribution in [0.1, 0.15) is 0 Å². The van der Waals surface area contributed by atoms with Crippen molar-refractivity contribution in [3.63, 3.8) is 0 Å². The number of halogens is 1. The second-order valence-electron chi connectivity index (χ2n) is 9.75. The third-order valence-electron chi connectivity index (χ3n) is 7.31. The molecule has 2 amide bonds. The fraction of sp³-hybridized carbons (Fsp3) is 0.321. The Kier molecular flexibility index (Phi) is 6.82. The zero-order valence-corrected chi connectivity index (χ0v) is 22.1. The summed E-state index contributed by atoms with van der Waals surface area (Å²) >= 11 is 1.67. The predicted octanol–water partition coefficient (Wildman–Crippen LogP) is 4.60. The highest BCUT2D eigenvalue weighted by Gasteiger charge is 2.24. The first kappa shape index (κ1) is 24.6. The average molecular weight is 532 g/mol. The van der Waals surface area contributed by atoms with Gasteiger partial charge >= 0.3 is 6.03 Å². The zero-order chi connectivity index (χ0) is 26.1. The number of carbonyl (C=O) groups excluding carboxylic acids is 1. The van der Waals surface area contributed by atoms with Crippen molar-refractivity contribution in [3.8, 4) is 10.4 Å². The smallest absolute Gasteiger partial charge is 0.322 e. The van der Waals surface area contributed by atoms with Crippen molar-refractivity contribution in [2.45, 2.75) is 0 Å². The van der Waals surface area contributed by atoms with Gasteiger partial charge in [0, 0.05) is 62.9 Å². The number of piperazine rings is 2. The van der Waals surface area contributed by atoms with E-state index in [9.17, 15) is 9.18 Å². The number of likely N-dealkylation sites (N-methyl/N-ethyl adjacent to an activating group) is 1. The Balaban J connectivity index is 1.14. The van der Waals surface area contributed by atoms with Gasteiger partial charge in [-0.05, 0) is 42.9 Å². The van der Waals surface area contributed by atoms with Gasteiger partial charge in [-0.2, -0.15) is 0 Å². The number of hydrogen-bond acceptors (Lipinski definition) is 7. The summed E-state index contributed by atoms with van der Waals surface area (Å²) < 4.78 is 13.9. The van der Waals surface area contributed by atoms with Gasteiger partial charge in [-0.3, -0.25) is 0 Å². The molecule has 38 heavy (non-hydrogen) atoms. The lowest BCUT2D eigenvalue weighted by molar-refractivity contribution is 0.208. The van der Waals surface area contributed by atoms with E-state index in [1.807, 2.05) is 0 Å². The maximum Gasteiger partial charge on any atom is 0.322 e. The van der Waals surface area contributed by atoms with Gasteiger partial charge in [0.05, 0.1) is 11.1 Å². The lowest BCUT2D eigenvalue weighted by Crippen LogP contribution is -2.50. The number of carbonyl (C=O) groups is 1. The summed E-state index contributed by atoms with van der Waals surface area (Å²) in [6, 6.07) is 16.9. The molecule has 0 unspecified atom stereocenters. The van der Waals surface area contributed by atoms with E-state index < -0.39 is 5.82 Å². The third-order valence-corrected chi connectivity index (χ3v) is 8.40. The van der Waals surface area contributed by atoms with E-state index >= 15 is 0 Å². The molecule has 0 radical (unpaired) electrons. The molecule has 2 aromatic heterocycles. The second-order valence-corrected chi connectivity index (χ2v) is 10.8. The van der Waals surface area contributed by atoms with Crippen molar-refractivity contribution in [1.29, 1.82) is 0 Å². The summed E-state index contributed by atoms with van der Waals surface area (Å²) in [7, 11) is 2.17. The topological polar surface area (TPSA) is 67.8 Å². The minimum Gasteiger partial charge on any atom is -0.369 e. The number of aromatic nitrogens is 2. The summed E-state index contributed by atoms with van der Waals surface area (Å²) in [4.78, 5) is 32.6. The molecule has 196 valence electrons. The lowest BCUT2D eigenvalue weighted by atomic mass is 10.1. The highest BCUT2D eigenvalue weighted by molar-refractivity contribution is 7.21. The summed E-state index contributed by atoms with van der Waals surface area (Å²) in [5, 5.41) is 3.70. The van der Waals surface area contributed by atoms with Crippen molar-refractivity contribution in [2.75, 3.05) is 74.5 Å². The first-order valence-electron chi connectivity index (χ1n) is 12.9. The molecule has 0 saturated carbocycles. The number of anilines is 3. The molecule has 0 aliphatic carbocycles.